The minimum absolute atomic E-state index is 0.0100. The highest BCUT2D eigenvalue weighted by Gasteiger charge is 2.27. The molecule has 0 aliphatic heterocycles. The number of pyridine rings is 1. The van der Waals surface area contributed by atoms with Crippen molar-refractivity contribution in [1.29, 1.82) is 0 Å². The quantitative estimate of drug-likeness (QED) is 0.128. The monoisotopic (exact) mass is 630 g/mol. The van der Waals surface area contributed by atoms with Gasteiger partial charge >= 0.3 is 6.55 Å². The second-order valence-corrected chi connectivity index (χ2v) is 9.94. The topological polar surface area (TPSA) is 119 Å². The molecule has 0 aliphatic carbocycles. The highest BCUT2D eigenvalue weighted by atomic mass is 35.5. The number of hydrogen-bond acceptors (Lipinski definition) is 7. The summed E-state index contributed by atoms with van der Waals surface area (Å²) < 4.78 is 58.4. The third kappa shape index (κ3) is 5.51. The fourth-order valence-electron chi connectivity index (χ4n) is 4.55. The SMILES string of the molecule is [O-][n+]1cc(-c2c(-n3cnnn3)ccc(Cl)c2F)ccc1[C@H](Cc1ccc(F)cc1)n1cc(-c2nn(C(F)F)nc2Cl)cn1. The number of tetrazole rings is 1. The molecule has 0 bridgehead atoms. The summed E-state index contributed by atoms with van der Waals surface area (Å²) in [6, 6.07) is 10.7. The van der Waals surface area contributed by atoms with Crippen molar-refractivity contribution in [2.75, 3.05) is 0 Å². The van der Waals surface area contributed by atoms with Gasteiger partial charge in [-0.05, 0) is 46.3 Å². The van der Waals surface area contributed by atoms with Gasteiger partial charge in [-0.3, -0.25) is 4.68 Å². The van der Waals surface area contributed by atoms with E-state index in [1.165, 1.54) is 70.7 Å². The molecule has 0 amide bonds. The van der Waals surface area contributed by atoms with Crippen LogP contribution in [-0.4, -0.2) is 45.0 Å². The Morgan fingerprint density at radius 3 is 2.42 bits per heavy atom. The van der Waals surface area contributed by atoms with Crippen LogP contribution < -0.4 is 4.73 Å². The number of hydrogen-bond donors (Lipinski definition) is 0. The summed E-state index contributed by atoms with van der Waals surface area (Å²) in [5.41, 5.74) is 1.48. The van der Waals surface area contributed by atoms with E-state index in [4.69, 9.17) is 23.2 Å². The van der Waals surface area contributed by atoms with Crippen molar-refractivity contribution in [3.8, 4) is 28.1 Å². The molecule has 218 valence electrons. The predicted molar refractivity (Wildman–Crippen MR) is 144 cm³/mol. The largest absolute Gasteiger partial charge is 0.618 e. The third-order valence-corrected chi connectivity index (χ3v) is 7.09. The predicted octanol–water partition coefficient (Wildman–Crippen LogP) is 5.23. The van der Waals surface area contributed by atoms with Gasteiger partial charge < -0.3 is 5.21 Å². The molecule has 4 heterocycles. The zero-order valence-corrected chi connectivity index (χ0v) is 23.0. The van der Waals surface area contributed by atoms with Crippen LogP contribution in [0.3, 0.4) is 0 Å². The highest BCUT2D eigenvalue weighted by Crippen LogP contribution is 2.34. The number of nitrogens with zero attached hydrogens (tertiary/aromatic N) is 10. The Morgan fingerprint density at radius 1 is 0.953 bits per heavy atom. The van der Waals surface area contributed by atoms with E-state index in [0.717, 1.165) is 0 Å². The molecular formula is C26H16Cl2F4N10O. The van der Waals surface area contributed by atoms with Gasteiger partial charge in [0.1, 0.15) is 23.9 Å². The molecule has 17 heteroatoms. The van der Waals surface area contributed by atoms with Gasteiger partial charge in [-0.1, -0.05) is 35.3 Å². The minimum Gasteiger partial charge on any atom is -0.618 e. The normalized spacial score (nSPS) is 12.3. The summed E-state index contributed by atoms with van der Waals surface area (Å²) in [6.45, 7) is -3.00. The van der Waals surface area contributed by atoms with Crippen molar-refractivity contribution in [2.24, 2.45) is 0 Å². The number of rotatable bonds is 8. The highest BCUT2D eigenvalue weighted by molar-refractivity contribution is 6.31. The fourth-order valence-corrected chi connectivity index (χ4v) is 4.93. The van der Waals surface area contributed by atoms with Crippen LogP contribution in [0, 0.1) is 16.8 Å². The van der Waals surface area contributed by atoms with Gasteiger partial charge in [0.25, 0.3) is 0 Å². The smallest absolute Gasteiger partial charge is 0.348 e. The third-order valence-electron chi connectivity index (χ3n) is 6.54. The molecule has 0 saturated carbocycles. The van der Waals surface area contributed by atoms with Crippen LogP contribution in [0.25, 0.3) is 28.1 Å². The van der Waals surface area contributed by atoms with Crippen LogP contribution in [0.15, 0.2) is 73.4 Å². The van der Waals surface area contributed by atoms with E-state index in [0.29, 0.717) is 10.3 Å². The maximum atomic E-state index is 15.3. The van der Waals surface area contributed by atoms with Crippen molar-refractivity contribution in [2.45, 2.75) is 19.0 Å². The number of aromatic nitrogens is 10. The van der Waals surface area contributed by atoms with Gasteiger partial charge in [-0.25, -0.2) is 8.78 Å². The Balaban J connectivity index is 1.43. The van der Waals surface area contributed by atoms with Crippen LogP contribution in [-0.2, 0) is 6.42 Å². The first kappa shape index (κ1) is 28.2. The lowest BCUT2D eigenvalue weighted by Gasteiger charge is -2.18. The first-order valence-corrected chi connectivity index (χ1v) is 13.1. The molecule has 11 nitrogen and oxygen atoms in total. The van der Waals surface area contributed by atoms with E-state index in [2.05, 4.69) is 30.8 Å². The molecule has 4 aromatic heterocycles. The lowest BCUT2D eigenvalue weighted by molar-refractivity contribution is -0.615. The Bertz CT molecular complexity index is 1910. The van der Waals surface area contributed by atoms with Crippen molar-refractivity contribution < 1.29 is 22.3 Å². The van der Waals surface area contributed by atoms with Crippen LogP contribution in [0.4, 0.5) is 17.6 Å². The Labute approximate surface area is 249 Å². The van der Waals surface area contributed by atoms with E-state index >= 15 is 4.39 Å². The Hall–Kier alpha value is -4.89. The van der Waals surface area contributed by atoms with E-state index in [1.807, 2.05) is 0 Å². The summed E-state index contributed by atoms with van der Waals surface area (Å²) in [7, 11) is 0. The van der Waals surface area contributed by atoms with Crippen LogP contribution in [0.2, 0.25) is 10.2 Å². The first-order chi connectivity index (χ1) is 20.7. The lowest BCUT2D eigenvalue weighted by Crippen LogP contribution is -2.36. The number of alkyl halides is 2. The molecule has 0 aliphatic rings. The molecule has 0 fully saturated rings. The number of halogens is 6. The molecule has 0 saturated heterocycles. The summed E-state index contributed by atoms with van der Waals surface area (Å²) in [6.07, 6.45) is 5.42. The summed E-state index contributed by atoms with van der Waals surface area (Å²) in [5.74, 6) is -1.22. The van der Waals surface area contributed by atoms with Gasteiger partial charge in [-0.15, -0.1) is 20.1 Å². The van der Waals surface area contributed by atoms with Crippen LogP contribution >= 0.6 is 23.2 Å². The average Bonchev–Trinajstić information content (AvgIpc) is 3.76. The van der Waals surface area contributed by atoms with Crippen molar-refractivity contribution in [3.05, 3.63) is 112 Å². The van der Waals surface area contributed by atoms with Gasteiger partial charge in [0, 0.05) is 24.2 Å². The summed E-state index contributed by atoms with van der Waals surface area (Å²) in [4.78, 5) is 0.175. The zero-order valence-electron chi connectivity index (χ0n) is 21.4. The molecule has 1 atom stereocenters. The van der Waals surface area contributed by atoms with Crippen LogP contribution in [0.1, 0.15) is 23.8 Å². The second kappa shape index (κ2) is 11.4. The minimum atomic E-state index is -3.00. The molecule has 2 aromatic carbocycles. The van der Waals surface area contributed by atoms with Crippen molar-refractivity contribution >= 4 is 23.2 Å². The average molecular weight is 631 g/mol. The van der Waals surface area contributed by atoms with E-state index in [-0.39, 0.29) is 55.2 Å². The fraction of sp³-hybridized carbons (Fsp3) is 0.115. The van der Waals surface area contributed by atoms with Gasteiger partial charge in [0.05, 0.1) is 28.0 Å². The second-order valence-electron chi connectivity index (χ2n) is 9.17. The maximum absolute atomic E-state index is 15.3. The van der Waals surface area contributed by atoms with Crippen molar-refractivity contribution in [3.63, 3.8) is 0 Å². The molecular weight excluding hydrogens is 615 g/mol. The maximum Gasteiger partial charge on any atom is 0.348 e. The summed E-state index contributed by atoms with van der Waals surface area (Å²) in [5, 5.41) is 35.7. The Kier molecular flexibility index (Phi) is 7.50. The van der Waals surface area contributed by atoms with Gasteiger partial charge in [-0.2, -0.15) is 23.3 Å². The Morgan fingerprint density at radius 2 is 1.74 bits per heavy atom. The van der Waals surface area contributed by atoms with Crippen molar-refractivity contribution in [1.82, 2.24) is 45.0 Å². The van der Waals surface area contributed by atoms with E-state index < -0.39 is 24.2 Å². The molecule has 43 heavy (non-hydrogen) atoms. The van der Waals surface area contributed by atoms with Gasteiger partial charge in [0.2, 0.25) is 5.69 Å². The van der Waals surface area contributed by atoms with E-state index in [9.17, 15) is 18.4 Å². The summed E-state index contributed by atoms with van der Waals surface area (Å²) >= 11 is 12.1. The van der Waals surface area contributed by atoms with E-state index in [1.54, 1.807) is 12.1 Å². The van der Waals surface area contributed by atoms with Gasteiger partial charge in [0.15, 0.2) is 17.2 Å². The molecule has 0 radical (unpaired) electrons. The molecule has 6 aromatic rings. The molecule has 0 unspecified atom stereocenters. The molecule has 0 spiro atoms. The standard InChI is InChI=1S/C26H16Cl2F4N10O/c27-18-6-8-20(40-13-33-37-38-40)22(23(18)30)15-3-7-19(41(43)12-15)21(9-14-1-4-17(29)5-2-14)39-11-16(10-34-39)24-25(28)36-42(35-24)26(31)32/h1-8,10-13,21,26H,9H2/t21-/m0/s1. The lowest BCUT2D eigenvalue weighted by atomic mass is 10.00. The zero-order chi connectivity index (χ0) is 30.2. The molecule has 0 N–H and O–H groups in total. The van der Waals surface area contributed by atoms with Crippen LogP contribution in [0.5, 0.6) is 0 Å². The molecule has 6 rings (SSSR count). The first-order valence-electron chi connectivity index (χ1n) is 12.3. The number of benzene rings is 2.